The highest BCUT2D eigenvalue weighted by Crippen LogP contribution is 2.43. The molecule has 1 aromatic rings. The predicted octanol–water partition coefficient (Wildman–Crippen LogP) is 3.10. The van der Waals surface area contributed by atoms with Gasteiger partial charge in [0.15, 0.2) is 0 Å². The maximum Gasteiger partial charge on any atom is 0.410 e. The van der Waals surface area contributed by atoms with E-state index in [-0.39, 0.29) is 12.1 Å². The number of piperidine rings is 1. The van der Waals surface area contributed by atoms with Gasteiger partial charge in [-0.15, -0.1) is 0 Å². The fourth-order valence-electron chi connectivity index (χ4n) is 3.87. The van der Waals surface area contributed by atoms with Crippen molar-refractivity contribution in [2.45, 2.75) is 57.6 Å². The van der Waals surface area contributed by atoms with E-state index < -0.39 is 15.6 Å². The number of anilines is 1. The van der Waals surface area contributed by atoms with Gasteiger partial charge in [0, 0.05) is 24.2 Å². The number of rotatable bonds is 2. The molecule has 1 aromatic carbocycles. The molecule has 1 aliphatic heterocycles. The maximum absolute atomic E-state index is 12.6. The third-order valence-corrected chi connectivity index (χ3v) is 5.29. The van der Waals surface area contributed by atoms with Crippen LogP contribution < -0.4 is 4.72 Å². The Morgan fingerprint density at radius 3 is 2.68 bits per heavy atom. The standard InChI is InChI=1S/C18H26N2O4S/c1-18(2,3)24-17(21)20-9-5-6-15-14-8-7-13(19-25(4,22)23)10-12(14)11-16(15)20/h7-8,10,15-16,19H,5-6,9,11H2,1-4H3/t15-,16+/m0/s1. The van der Waals surface area contributed by atoms with E-state index in [1.165, 1.54) is 5.56 Å². The Morgan fingerprint density at radius 2 is 2.04 bits per heavy atom. The van der Waals surface area contributed by atoms with Crippen LogP contribution in [-0.2, 0) is 21.2 Å². The van der Waals surface area contributed by atoms with Crippen LogP contribution in [0.4, 0.5) is 10.5 Å². The molecule has 1 fully saturated rings. The number of carbonyl (C=O) groups is 1. The molecule has 0 unspecified atom stereocenters. The van der Waals surface area contributed by atoms with Crippen molar-refractivity contribution in [3.8, 4) is 0 Å². The maximum atomic E-state index is 12.6. The zero-order valence-electron chi connectivity index (χ0n) is 15.2. The zero-order valence-corrected chi connectivity index (χ0v) is 16.0. The Bertz CT molecular complexity index is 783. The van der Waals surface area contributed by atoms with E-state index in [1.54, 1.807) is 6.07 Å². The molecule has 25 heavy (non-hydrogen) atoms. The summed E-state index contributed by atoms with van der Waals surface area (Å²) in [7, 11) is -3.30. The number of fused-ring (bicyclic) bond motifs is 3. The van der Waals surface area contributed by atoms with E-state index in [1.807, 2.05) is 37.8 Å². The summed E-state index contributed by atoms with van der Waals surface area (Å²) in [4.78, 5) is 14.4. The summed E-state index contributed by atoms with van der Waals surface area (Å²) < 4.78 is 31.0. The minimum atomic E-state index is -3.30. The van der Waals surface area contributed by atoms with E-state index in [2.05, 4.69) is 4.72 Å². The summed E-state index contributed by atoms with van der Waals surface area (Å²) >= 11 is 0. The quantitative estimate of drug-likeness (QED) is 0.873. The summed E-state index contributed by atoms with van der Waals surface area (Å²) in [6.45, 7) is 6.33. The lowest BCUT2D eigenvalue weighted by Gasteiger charge is -2.38. The Kier molecular flexibility index (Phi) is 4.47. The van der Waals surface area contributed by atoms with Crippen LogP contribution in [0.5, 0.6) is 0 Å². The van der Waals surface area contributed by atoms with E-state index in [0.29, 0.717) is 18.2 Å². The summed E-state index contributed by atoms with van der Waals surface area (Å²) in [6.07, 6.45) is 3.60. The molecular formula is C18H26N2O4S. The second-order valence-electron chi connectivity index (χ2n) is 7.98. The first kappa shape index (κ1) is 18.0. The van der Waals surface area contributed by atoms with Gasteiger partial charge in [-0.3, -0.25) is 4.72 Å². The van der Waals surface area contributed by atoms with Crippen LogP contribution in [0, 0.1) is 0 Å². The molecule has 1 saturated heterocycles. The van der Waals surface area contributed by atoms with Crippen LogP contribution >= 0.6 is 0 Å². The van der Waals surface area contributed by atoms with Crippen LogP contribution in [-0.4, -0.2) is 43.9 Å². The number of nitrogens with one attached hydrogen (secondary N) is 1. The van der Waals surface area contributed by atoms with Gasteiger partial charge in [0.1, 0.15) is 5.60 Å². The number of likely N-dealkylation sites (tertiary alicyclic amines) is 1. The minimum Gasteiger partial charge on any atom is -0.444 e. The van der Waals surface area contributed by atoms with Crippen molar-refractivity contribution in [1.29, 1.82) is 0 Å². The minimum absolute atomic E-state index is 0.0899. The smallest absolute Gasteiger partial charge is 0.410 e. The van der Waals surface area contributed by atoms with E-state index in [9.17, 15) is 13.2 Å². The van der Waals surface area contributed by atoms with Crippen LogP contribution in [0.15, 0.2) is 18.2 Å². The predicted molar refractivity (Wildman–Crippen MR) is 97.3 cm³/mol. The van der Waals surface area contributed by atoms with Crippen molar-refractivity contribution < 1.29 is 17.9 Å². The Hall–Kier alpha value is -1.76. The van der Waals surface area contributed by atoms with Gasteiger partial charge >= 0.3 is 6.09 Å². The van der Waals surface area contributed by atoms with Gasteiger partial charge in [0.25, 0.3) is 0 Å². The molecule has 0 radical (unpaired) electrons. The average Bonchev–Trinajstić information content (AvgIpc) is 2.80. The summed E-state index contributed by atoms with van der Waals surface area (Å²) in [5, 5.41) is 0. The lowest BCUT2D eigenvalue weighted by Crippen LogP contribution is -2.48. The number of hydrogen-bond acceptors (Lipinski definition) is 4. The van der Waals surface area contributed by atoms with Gasteiger partial charge in [-0.05, 0) is 63.3 Å². The number of sulfonamides is 1. The first-order chi connectivity index (χ1) is 11.5. The fourth-order valence-corrected chi connectivity index (χ4v) is 4.42. The SMILES string of the molecule is CC(C)(C)OC(=O)N1CCC[C@H]2c3ccc(NS(C)(=O)=O)cc3C[C@H]21. The molecule has 1 amide bonds. The number of ether oxygens (including phenoxy) is 1. The van der Waals surface area contributed by atoms with E-state index >= 15 is 0 Å². The first-order valence-electron chi connectivity index (χ1n) is 8.64. The summed E-state index contributed by atoms with van der Waals surface area (Å²) in [5.41, 5.74) is 2.39. The zero-order chi connectivity index (χ0) is 18.4. The number of hydrogen-bond donors (Lipinski definition) is 1. The van der Waals surface area contributed by atoms with Gasteiger partial charge in [-0.1, -0.05) is 6.07 Å². The van der Waals surface area contributed by atoms with Crippen LogP contribution in [0.3, 0.4) is 0 Å². The van der Waals surface area contributed by atoms with Gasteiger partial charge in [0.2, 0.25) is 10.0 Å². The normalized spacial score (nSPS) is 23.0. The summed E-state index contributed by atoms with van der Waals surface area (Å²) in [5.74, 6) is 0.295. The molecule has 1 heterocycles. The van der Waals surface area contributed by atoms with Gasteiger partial charge in [-0.2, -0.15) is 0 Å². The van der Waals surface area contributed by atoms with Crippen LogP contribution in [0.1, 0.15) is 50.7 Å². The Labute approximate surface area is 149 Å². The molecule has 1 N–H and O–H groups in total. The average molecular weight is 366 g/mol. The van der Waals surface area contributed by atoms with Crippen molar-refractivity contribution in [1.82, 2.24) is 4.90 Å². The highest BCUT2D eigenvalue weighted by atomic mass is 32.2. The first-order valence-corrected chi connectivity index (χ1v) is 10.5. The molecule has 0 bridgehead atoms. The highest BCUT2D eigenvalue weighted by Gasteiger charge is 2.42. The number of amides is 1. The molecule has 6 nitrogen and oxygen atoms in total. The largest absolute Gasteiger partial charge is 0.444 e. The topological polar surface area (TPSA) is 75.7 Å². The van der Waals surface area contributed by atoms with Crippen molar-refractivity contribution in [2.24, 2.45) is 0 Å². The molecular weight excluding hydrogens is 340 g/mol. The molecule has 7 heteroatoms. The van der Waals surface area contributed by atoms with E-state index in [0.717, 1.165) is 31.1 Å². The fraction of sp³-hybridized carbons (Fsp3) is 0.611. The van der Waals surface area contributed by atoms with Crippen LogP contribution in [0.25, 0.3) is 0 Å². The van der Waals surface area contributed by atoms with Crippen molar-refractivity contribution in [3.63, 3.8) is 0 Å². The molecule has 2 atom stereocenters. The molecule has 0 spiro atoms. The Balaban J connectivity index is 1.82. The molecule has 1 aliphatic carbocycles. The number of benzene rings is 1. The molecule has 0 saturated carbocycles. The second-order valence-corrected chi connectivity index (χ2v) is 9.73. The van der Waals surface area contributed by atoms with E-state index in [4.69, 9.17) is 4.74 Å². The van der Waals surface area contributed by atoms with Gasteiger partial charge in [-0.25, -0.2) is 13.2 Å². The van der Waals surface area contributed by atoms with Crippen molar-refractivity contribution in [2.75, 3.05) is 17.5 Å². The second kappa shape index (κ2) is 6.20. The third kappa shape index (κ3) is 4.08. The van der Waals surface area contributed by atoms with Crippen molar-refractivity contribution >= 4 is 21.8 Å². The molecule has 138 valence electrons. The number of carbonyl (C=O) groups excluding carboxylic acids is 1. The molecule has 2 aliphatic rings. The monoisotopic (exact) mass is 366 g/mol. The molecule has 0 aromatic heterocycles. The third-order valence-electron chi connectivity index (χ3n) is 4.68. The van der Waals surface area contributed by atoms with Gasteiger partial charge in [0.05, 0.1) is 6.26 Å². The molecule has 3 rings (SSSR count). The number of nitrogens with zero attached hydrogens (tertiary/aromatic N) is 1. The summed E-state index contributed by atoms with van der Waals surface area (Å²) in [6, 6.07) is 5.77. The lowest BCUT2D eigenvalue weighted by atomic mass is 9.89. The van der Waals surface area contributed by atoms with Crippen molar-refractivity contribution in [3.05, 3.63) is 29.3 Å². The van der Waals surface area contributed by atoms with Crippen LogP contribution in [0.2, 0.25) is 0 Å². The highest BCUT2D eigenvalue weighted by molar-refractivity contribution is 7.92. The lowest BCUT2D eigenvalue weighted by molar-refractivity contribution is 0.00832. The Morgan fingerprint density at radius 1 is 1.32 bits per heavy atom. The van der Waals surface area contributed by atoms with Gasteiger partial charge < -0.3 is 9.64 Å².